The summed E-state index contributed by atoms with van der Waals surface area (Å²) in [4.78, 5) is 27.1. The molecule has 1 aliphatic rings. The van der Waals surface area contributed by atoms with Gasteiger partial charge in [-0.15, -0.1) is 0 Å². The summed E-state index contributed by atoms with van der Waals surface area (Å²) >= 11 is 0. The number of hydrogen-bond donors (Lipinski definition) is 1. The average molecular weight is 340 g/mol. The van der Waals surface area contributed by atoms with E-state index in [0.717, 1.165) is 12.1 Å². The second-order valence-corrected chi connectivity index (χ2v) is 6.73. The van der Waals surface area contributed by atoms with Gasteiger partial charge in [-0.1, -0.05) is 30.3 Å². The Balaban J connectivity index is 1.71. The average Bonchev–Trinajstić information content (AvgIpc) is 3.28. The van der Waals surface area contributed by atoms with E-state index in [9.17, 15) is 9.59 Å². The van der Waals surface area contributed by atoms with Crippen LogP contribution >= 0.6 is 0 Å². The van der Waals surface area contributed by atoms with Crippen molar-refractivity contribution in [3.05, 3.63) is 60.1 Å². The molecule has 1 aliphatic carbocycles. The van der Waals surface area contributed by atoms with Crippen LogP contribution in [0.25, 0.3) is 0 Å². The minimum Gasteiger partial charge on any atom is -0.472 e. The number of carbonyl (C=O) groups is 2. The predicted octanol–water partition coefficient (Wildman–Crippen LogP) is 3.40. The van der Waals surface area contributed by atoms with E-state index < -0.39 is 6.04 Å². The molecule has 1 fully saturated rings. The molecule has 2 unspecified atom stereocenters. The molecule has 0 aliphatic heterocycles. The molecule has 0 spiro atoms. The molecule has 0 saturated heterocycles. The first-order valence-corrected chi connectivity index (χ1v) is 8.74. The Morgan fingerprint density at radius 1 is 1.20 bits per heavy atom. The fourth-order valence-electron chi connectivity index (χ4n) is 2.91. The van der Waals surface area contributed by atoms with Gasteiger partial charge in [0.1, 0.15) is 12.3 Å². The largest absolute Gasteiger partial charge is 0.472 e. The zero-order valence-electron chi connectivity index (χ0n) is 14.6. The molecule has 2 amide bonds. The van der Waals surface area contributed by atoms with Gasteiger partial charge in [-0.2, -0.15) is 0 Å². The molecule has 2 aromatic rings. The number of amides is 2. The van der Waals surface area contributed by atoms with Crippen molar-refractivity contribution in [2.75, 3.05) is 6.54 Å². The van der Waals surface area contributed by atoms with Gasteiger partial charge in [0, 0.05) is 6.54 Å². The molecule has 1 aromatic heterocycles. The lowest BCUT2D eigenvalue weighted by atomic mass is 10.1. The molecule has 25 heavy (non-hydrogen) atoms. The molecule has 5 nitrogen and oxygen atoms in total. The number of nitrogens with one attached hydrogen (secondary N) is 1. The van der Waals surface area contributed by atoms with Crippen molar-refractivity contribution >= 4 is 11.8 Å². The van der Waals surface area contributed by atoms with E-state index in [1.54, 1.807) is 13.0 Å². The third-order valence-corrected chi connectivity index (χ3v) is 4.69. The van der Waals surface area contributed by atoms with Gasteiger partial charge in [-0.25, -0.2) is 0 Å². The summed E-state index contributed by atoms with van der Waals surface area (Å²) in [5.74, 6) is 0.223. The second-order valence-electron chi connectivity index (χ2n) is 6.73. The first-order valence-electron chi connectivity index (χ1n) is 8.74. The highest BCUT2D eigenvalue weighted by atomic mass is 16.3. The van der Waals surface area contributed by atoms with Gasteiger partial charge in [-0.3, -0.25) is 9.59 Å². The molecule has 3 rings (SSSR count). The SMILES string of the molecule is CC(NC(=O)c1ccoc1)C(=O)N(CC1CC1)C(C)c1ccccc1. The van der Waals surface area contributed by atoms with Crippen LogP contribution in [-0.2, 0) is 4.79 Å². The Bertz CT molecular complexity index is 708. The van der Waals surface area contributed by atoms with Crippen LogP contribution in [0.5, 0.6) is 0 Å². The van der Waals surface area contributed by atoms with Crippen molar-refractivity contribution < 1.29 is 14.0 Å². The van der Waals surface area contributed by atoms with E-state index in [1.165, 1.54) is 25.4 Å². The maximum Gasteiger partial charge on any atom is 0.255 e. The van der Waals surface area contributed by atoms with Gasteiger partial charge in [0.15, 0.2) is 0 Å². The minimum absolute atomic E-state index is 0.0254. The van der Waals surface area contributed by atoms with Crippen LogP contribution in [0.15, 0.2) is 53.3 Å². The van der Waals surface area contributed by atoms with Crippen LogP contribution in [0, 0.1) is 5.92 Å². The fraction of sp³-hybridized carbons (Fsp3) is 0.400. The zero-order chi connectivity index (χ0) is 17.8. The zero-order valence-corrected chi connectivity index (χ0v) is 14.6. The Kier molecular flexibility index (Phi) is 5.22. The third kappa shape index (κ3) is 4.29. The van der Waals surface area contributed by atoms with Gasteiger partial charge < -0.3 is 14.6 Å². The molecule has 132 valence electrons. The Morgan fingerprint density at radius 3 is 2.52 bits per heavy atom. The number of rotatable bonds is 7. The summed E-state index contributed by atoms with van der Waals surface area (Å²) in [5.41, 5.74) is 1.52. The summed E-state index contributed by atoms with van der Waals surface area (Å²) in [7, 11) is 0. The summed E-state index contributed by atoms with van der Waals surface area (Å²) in [6, 6.07) is 11.0. The molecule has 5 heteroatoms. The van der Waals surface area contributed by atoms with Crippen LogP contribution in [0.4, 0.5) is 0 Å². The molecule has 1 heterocycles. The molecular weight excluding hydrogens is 316 g/mol. The van der Waals surface area contributed by atoms with Crippen LogP contribution in [0.2, 0.25) is 0 Å². The van der Waals surface area contributed by atoms with Crippen molar-refractivity contribution in [1.29, 1.82) is 0 Å². The van der Waals surface area contributed by atoms with Gasteiger partial charge in [0.2, 0.25) is 5.91 Å². The van der Waals surface area contributed by atoms with Crippen LogP contribution < -0.4 is 5.32 Å². The number of nitrogens with zero attached hydrogens (tertiary/aromatic N) is 1. The lowest BCUT2D eigenvalue weighted by Crippen LogP contribution is -2.48. The van der Waals surface area contributed by atoms with Crippen LogP contribution in [0.3, 0.4) is 0 Å². The third-order valence-electron chi connectivity index (χ3n) is 4.69. The smallest absolute Gasteiger partial charge is 0.255 e. The number of carbonyl (C=O) groups excluding carboxylic acids is 2. The van der Waals surface area contributed by atoms with Crippen molar-refractivity contribution in [2.24, 2.45) is 5.92 Å². The van der Waals surface area contributed by atoms with Crippen molar-refractivity contribution in [3.8, 4) is 0 Å². The first kappa shape index (κ1) is 17.3. The fourth-order valence-corrected chi connectivity index (χ4v) is 2.91. The summed E-state index contributed by atoms with van der Waals surface area (Å²) < 4.78 is 4.93. The summed E-state index contributed by atoms with van der Waals surface area (Å²) in [5, 5.41) is 2.77. The van der Waals surface area contributed by atoms with Gasteiger partial charge in [-0.05, 0) is 44.2 Å². The molecule has 0 bridgehead atoms. The second kappa shape index (κ2) is 7.55. The number of hydrogen-bond acceptors (Lipinski definition) is 3. The normalized spacial score (nSPS) is 16.1. The lowest BCUT2D eigenvalue weighted by Gasteiger charge is -2.32. The minimum atomic E-state index is -0.590. The topological polar surface area (TPSA) is 62.6 Å². The molecular formula is C20H24N2O3. The predicted molar refractivity (Wildman–Crippen MR) is 94.9 cm³/mol. The molecule has 1 N–H and O–H groups in total. The molecule has 1 aromatic carbocycles. The Labute approximate surface area is 148 Å². The lowest BCUT2D eigenvalue weighted by molar-refractivity contribution is -0.135. The van der Waals surface area contributed by atoms with E-state index in [-0.39, 0.29) is 17.9 Å². The number of furan rings is 1. The summed E-state index contributed by atoms with van der Waals surface area (Å²) in [6.45, 7) is 4.51. The van der Waals surface area contributed by atoms with Crippen LogP contribution in [-0.4, -0.2) is 29.3 Å². The molecule has 0 radical (unpaired) electrons. The van der Waals surface area contributed by atoms with Gasteiger partial charge in [0.05, 0.1) is 17.9 Å². The van der Waals surface area contributed by atoms with Gasteiger partial charge in [0.25, 0.3) is 5.91 Å². The maximum atomic E-state index is 13.0. The van der Waals surface area contributed by atoms with E-state index >= 15 is 0 Å². The molecule has 2 atom stereocenters. The standard InChI is InChI=1S/C20H24N2O3/c1-14(21-19(23)18-10-11-25-13-18)20(24)22(12-16-8-9-16)15(2)17-6-4-3-5-7-17/h3-7,10-11,13-16H,8-9,12H2,1-2H3,(H,21,23). The highest BCUT2D eigenvalue weighted by molar-refractivity contribution is 5.97. The highest BCUT2D eigenvalue weighted by Gasteiger charge is 2.32. The number of benzene rings is 1. The van der Waals surface area contributed by atoms with E-state index in [1.807, 2.05) is 42.2 Å². The van der Waals surface area contributed by atoms with E-state index in [4.69, 9.17) is 4.42 Å². The monoisotopic (exact) mass is 340 g/mol. The highest BCUT2D eigenvalue weighted by Crippen LogP contribution is 2.33. The van der Waals surface area contributed by atoms with Crippen LogP contribution in [0.1, 0.15) is 48.7 Å². The first-order chi connectivity index (χ1) is 12.1. The Morgan fingerprint density at radius 2 is 1.92 bits per heavy atom. The molecule has 1 saturated carbocycles. The van der Waals surface area contributed by atoms with E-state index in [2.05, 4.69) is 5.32 Å². The van der Waals surface area contributed by atoms with Crippen molar-refractivity contribution in [1.82, 2.24) is 10.2 Å². The quantitative estimate of drug-likeness (QED) is 0.840. The Hall–Kier alpha value is -2.56. The van der Waals surface area contributed by atoms with Crippen molar-refractivity contribution in [3.63, 3.8) is 0 Å². The van der Waals surface area contributed by atoms with E-state index in [0.29, 0.717) is 11.5 Å². The van der Waals surface area contributed by atoms with Gasteiger partial charge >= 0.3 is 0 Å². The maximum absolute atomic E-state index is 13.0. The summed E-state index contributed by atoms with van der Waals surface area (Å²) in [6.07, 6.45) is 5.15. The van der Waals surface area contributed by atoms with Crippen molar-refractivity contribution in [2.45, 2.75) is 38.8 Å².